The average Bonchev–Trinajstić information content (AvgIpc) is 2.90. The van der Waals surface area contributed by atoms with Gasteiger partial charge in [0, 0.05) is 24.6 Å². The molecule has 21 heavy (non-hydrogen) atoms. The highest BCUT2D eigenvalue weighted by Gasteiger charge is 2.21. The molecule has 0 radical (unpaired) electrons. The van der Waals surface area contributed by atoms with E-state index in [1.165, 1.54) is 0 Å². The summed E-state index contributed by atoms with van der Waals surface area (Å²) in [5, 5.41) is 8.59. The summed E-state index contributed by atoms with van der Waals surface area (Å²) in [6.07, 6.45) is 1.84. The third kappa shape index (κ3) is 2.58. The molecular weight excluding hydrogens is 268 g/mol. The highest BCUT2D eigenvalue weighted by atomic mass is 16.5. The van der Waals surface area contributed by atoms with Crippen molar-refractivity contribution >= 4 is 0 Å². The minimum Gasteiger partial charge on any atom is -0.493 e. The lowest BCUT2D eigenvalue weighted by Crippen LogP contribution is -2.32. The summed E-state index contributed by atoms with van der Waals surface area (Å²) < 4.78 is 13.0. The van der Waals surface area contributed by atoms with Crippen molar-refractivity contribution in [2.45, 2.75) is 32.4 Å². The van der Waals surface area contributed by atoms with Gasteiger partial charge in [0.2, 0.25) is 0 Å². The molecule has 2 heterocycles. The molecule has 0 saturated carbocycles. The van der Waals surface area contributed by atoms with Crippen molar-refractivity contribution in [3.8, 4) is 22.9 Å². The number of aryl methyl sites for hydroxylation is 1. The molecule has 0 fully saturated rings. The third-order valence-corrected chi connectivity index (χ3v) is 3.70. The second-order valence-corrected chi connectivity index (χ2v) is 5.15. The summed E-state index contributed by atoms with van der Waals surface area (Å²) in [5.41, 5.74) is 7.02. The van der Waals surface area contributed by atoms with E-state index in [1.807, 2.05) is 25.1 Å². The Labute approximate surface area is 123 Å². The van der Waals surface area contributed by atoms with Crippen LogP contribution in [0.5, 0.6) is 11.5 Å². The first-order valence-electron chi connectivity index (χ1n) is 7.21. The van der Waals surface area contributed by atoms with E-state index in [2.05, 4.69) is 14.8 Å². The minimum absolute atomic E-state index is 0.164. The number of methoxy groups -OCH3 is 1. The summed E-state index contributed by atoms with van der Waals surface area (Å²) in [7, 11) is 1.63. The summed E-state index contributed by atoms with van der Waals surface area (Å²) in [6.45, 7) is 3.29. The minimum atomic E-state index is 0.164. The zero-order valence-electron chi connectivity index (χ0n) is 12.4. The lowest BCUT2D eigenvalue weighted by molar-refractivity contribution is 0.311. The Morgan fingerprint density at radius 2 is 2.19 bits per heavy atom. The van der Waals surface area contributed by atoms with Crippen LogP contribution in [-0.4, -0.2) is 34.5 Å². The molecule has 6 nitrogen and oxygen atoms in total. The van der Waals surface area contributed by atoms with Gasteiger partial charge in [-0.2, -0.15) is 0 Å². The van der Waals surface area contributed by atoms with E-state index in [0.717, 1.165) is 48.1 Å². The van der Waals surface area contributed by atoms with E-state index in [1.54, 1.807) is 7.11 Å². The molecule has 1 aromatic heterocycles. The van der Waals surface area contributed by atoms with Crippen LogP contribution in [0.1, 0.15) is 19.2 Å². The van der Waals surface area contributed by atoms with Crippen LogP contribution in [0.3, 0.4) is 0 Å². The molecule has 1 aliphatic rings. The highest BCUT2D eigenvalue weighted by Crippen LogP contribution is 2.32. The van der Waals surface area contributed by atoms with E-state index >= 15 is 0 Å². The SMILES string of the molecule is CCOc1cc(-c2nnc3n2CC(N)CC3)ccc1OC. The van der Waals surface area contributed by atoms with Crippen molar-refractivity contribution < 1.29 is 9.47 Å². The second-order valence-electron chi connectivity index (χ2n) is 5.15. The predicted molar refractivity (Wildman–Crippen MR) is 79.5 cm³/mol. The molecule has 2 N–H and O–H groups in total. The zero-order chi connectivity index (χ0) is 14.8. The van der Waals surface area contributed by atoms with Gasteiger partial charge in [0.1, 0.15) is 5.82 Å². The van der Waals surface area contributed by atoms with Gasteiger partial charge < -0.3 is 19.8 Å². The Kier molecular flexibility index (Phi) is 3.79. The summed E-state index contributed by atoms with van der Waals surface area (Å²) in [5.74, 6) is 3.27. The smallest absolute Gasteiger partial charge is 0.164 e. The van der Waals surface area contributed by atoms with E-state index < -0.39 is 0 Å². The first-order valence-corrected chi connectivity index (χ1v) is 7.21. The van der Waals surface area contributed by atoms with Gasteiger partial charge >= 0.3 is 0 Å². The van der Waals surface area contributed by atoms with Gasteiger partial charge in [-0.15, -0.1) is 10.2 Å². The highest BCUT2D eigenvalue weighted by molar-refractivity contribution is 5.61. The van der Waals surface area contributed by atoms with Crippen molar-refractivity contribution in [1.29, 1.82) is 0 Å². The topological polar surface area (TPSA) is 75.2 Å². The lowest BCUT2D eigenvalue weighted by atomic mass is 10.1. The average molecular weight is 288 g/mol. The van der Waals surface area contributed by atoms with Crippen LogP contribution in [0.4, 0.5) is 0 Å². The van der Waals surface area contributed by atoms with Gasteiger partial charge in [-0.3, -0.25) is 0 Å². The van der Waals surface area contributed by atoms with Crippen LogP contribution in [-0.2, 0) is 13.0 Å². The van der Waals surface area contributed by atoms with Crippen molar-refractivity contribution in [2.75, 3.05) is 13.7 Å². The number of benzene rings is 1. The maximum Gasteiger partial charge on any atom is 0.164 e. The fourth-order valence-corrected chi connectivity index (χ4v) is 2.65. The van der Waals surface area contributed by atoms with Gasteiger partial charge in [-0.1, -0.05) is 0 Å². The number of rotatable bonds is 4. The number of hydrogen-bond donors (Lipinski definition) is 1. The fraction of sp³-hybridized carbons (Fsp3) is 0.467. The van der Waals surface area contributed by atoms with Crippen LogP contribution in [0.2, 0.25) is 0 Å². The van der Waals surface area contributed by atoms with Gasteiger partial charge in [-0.25, -0.2) is 0 Å². The molecule has 0 aliphatic carbocycles. The van der Waals surface area contributed by atoms with Crippen LogP contribution in [0, 0.1) is 0 Å². The van der Waals surface area contributed by atoms with E-state index in [4.69, 9.17) is 15.2 Å². The molecule has 1 aromatic carbocycles. The second kappa shape index (κ2) is 5.73. The molecule has 1 aliphatic heterocycles. The van der Waals surface area contributed by atoms with Crippen LogP contribution >= 0.6 is 0 Å². The molecule has 0 bridgehead atoms. The molecule has 0 spiro atoms. The van der Waals surface area contributed by atoms with Crippen molar-refractivity contribution in [2.24, 2.45) is 5.73 Å². The van der Waals surface area contributed by atoms with Crippen molar-refractivity contribution in [3.05, 3.63) is 24.0 Å². The number of nitrogens with two attached hydrogens (primary N) is 1. The summed E-state index contributed by atoms with van der Waals surface area (Å²) in [6, 6.07) is 5.97. The number of hydrogen-bond acceptors (Lipinski definition) is 5. The van der Waals surface area contributed by atoms with E-state index in [0.29, 0.717) is 6.61 Å². The quantitative estimate of drug-likeness (QED) is 0.925. The fourth-order valence-electron chi connectivity index (χ4n) is 2.65. The van der Waals surface area contributed by atoms with Gasteiger partial charge in [0.05, 0.1) is 13.7 Å². The van der Waals surface area contributed by atoms with Gasteiger partial charge in [0.15, 0.2) is 17.3 Å². The Hall–Kier alpha value is -2.08. The molecule has 6 heteroatoms. The Morgan fingerprint density at radius 1 is 1.33 bits per heavy atom. The molecule has 2 aromatic rings. The number of ether oxygens (including phenoxy) is 2. The maximum atomic E-state index is 6.06. The maximum absolute atomic E-state index is 6.06. The monoisotopic (exact) mass is 288 g/mol. The van der Waals surface area contributed by atoms with E-state index in [9.17, 15) is 0 Å². The van der Waals surface area contributed by atoms with Crippen molar-refractivity contribution in [3.63, 3.8) is 0 Å². The first kappa shape index (κ1) is 13.9. The number of aromatic nitrogens is 3. The Bertz CT molecular complexity index is 639. The predicted octanol–water partition coefficient (Wildman–Crippen LogP) is 1.63. The molecule has 1 atom stereocenters. The number of nitrogens with zero attached hydrogens (tertiary/aromatic N) is 3. The molecule has 112 valence electrons. The van der Waals surface area contributed by atoms with Crippen LogP contribution in [0.15, 0.2) is 18.2 Å². The standard InChI is InChI=1S/C15H20N4O2/c1-3-21-13-8-10(4-6-12(13)20-2)15-18-17-14-7-5-11(16)9-19(14)15/h4,6,8,11H,3,5,7,9,16H2,1-2H3. The zero-order valence-corrected chi connectivity index (χ0v) is 12.4. The summed E-state index contributed by atoms with van der Waals surface area (Å²) >= 11 is 0. The largest absolute Gasteiger partial charge is 0.493 e. The normalized spacial score (nSPS) is 17.4. The molecule has 1 unspecified atom stereocenters. The van der Waals surface area contributed by atoms with Crippen LogP contribution in [0.25, 0.3) is 11.4 Å². The lowest BCUT2D eigenvalue weighted by Gasteiger charge is -2.21. The number of fused-ring (bicyclic) bond motifs is 1. The first-order chi connectivity index (χ1) is 10.2. The molecular formula is C15H20N4O2. The van der Waals surface area contributed by atoms with Gasteiger partial charge in [0.25, 0.3) is 0 Å². The summed E-state index contributed by atoms with van der Waals surface area (Å²) in [4.78, 5) is 0. The molecule has 0 amide bonds. The Morgan fingerprint density at radius 3 is 2.95 bits per heavy atom. The molecule has 0 saturated heterocycles. The molecule has 3 rings (SSSR count). The van der Waals surface area contributed by atoms with Crippen LogP contribution < -0.4 is 15.2 Å². The van der Waals surface area contributed by atoms with Crippen molar-refractivity contribution in [1.82, 2.24) is 14.8 Å². The van der Waals surface area contributed by atoms with Gasteiger partial charge in [-0.05, 0) is 31.5 Å². The Balaban J connectivity index is 2.01. The van der Waals surface area contributed by atoms with E-state index in [-0.39, 0.29) is 6.04 Å². The third-order valence-electron chi connectivity index (χ3n) is 3.70.